The molecule has 1 atom stereocenters. The first kappa shape index (κ1) is 14.5. The van der Waals surface area contributed by atoms with Crippen LogP contribution in [0.5, 0.6) is 0 Å². The van der Waals surface area contributed by atoms with Gasteiger partial charge < -0.3 is 4.74 Å². The van der Waals surface area contributed by atoms with Crippen LogP contribution in [0.2, 0.25) is 5.15 Å². The summed E-state index contributed by atoms with van der Waals surface area (Å²) in [7, 11) is 0. The number of rotatable bonds is 2. The molecule has 0 amide bonds. The molecule has 1 fully saturated rings. The van der Waals surface area contributed by atoms with Crippen LogP contribution in [0.15, 0.2) is 30.3 Å². The predicted octanol–water partition coefficient (Wildman–Crippen LogP) is 3.98. The molecule has 3 heterocycles. The van der Waals surface area contributed by atoms with Gasteiger partial charge in [-0.25, -0.2) is 4.98 Å². The van der Waals surface area contributed by atoms with Crippen LogP contribution in [0.4, 0.5) is 4.39 Å². The highest BCUT2D eigenvalue weighted by molar-refractivity contribution is 6.33. The third kappa shape index (κ3) is 2.58. The maximum atomic E-state index is 13.7. The van der Waals surface area contributed by atoms with Crippen LogP contribution < -0.4 is 0 Å². The SMILES string of the molecule is Fc1nc(Cl)c2nc(-c3ccccc3)n(C3CCCCO3)c2n1. The van der Waals surface area contributed by atoms with Gasteiger partial charge in [-0.15, -0.1) is 0 Å². The molecule has 118 valence electrons. The summed E-state index contributed by atoms with van der Waals surface area (Å²) < 4.78 is 21.4. The van der Waals surface area contributed by atoms with E-state index in [1.807, 2.05) is 34.9 Å². The van der Waals surface area contributed by atoms with Gasteiger partial charge in [0, 0.05) is 12.2 Å². The Labute approximate surface area is 137 Å². The second kappa shape index (κ2) is 5.86. The average molecular weight is 333 g/mol. The molecular formula is C16H14ClFN4O. The summed E-state index contributed by atoms with van der Waals surface area (Å²) >= 11 is 6.07. The predicted molar refractivity (Wildman–Crippen MR) is 84.6 cm³/mol. The van der Waals surface area contributed by atoms with E-state index in [1.54, 1.807) is 0 Å². The van der Waals surface area contributed by atoms with Crippen molar-refractivity contribution in [2.75, 3.05) is 6.61 Å². The molecule has 5 nitrogen and oxygen atoms in total. The van der Waals surface area contributed by atoms with E-state index in [-0.39, 0.29) is 11.4 Å². The number of nitrogens with zero attached hydrogens (tertiary/aromatic N) is 4. The van der Waals surface area contributed by atoms with Gasteiger partial charge >= 0.3 is 6.08 Å². The molecule has 4 rings (SSSR count). The lowest BCUT2D eigenvalue weighted by Gasteiger charge is -2.25. The van der Waals surface area contributed by atoms with Crippen LogP contribution in [-0.2, 0) is 4.74 Å². The molecule has 1 aliphatic heterocycles. The lowest BCUT2D eigenvalue weighted by molar-refractivity contribution is -0.0288. The molecule has 3 aromatic rings. The molecule has 0 N–H and O–H groups in total. The van der Waals surface area contributed by atoms with Crippen molar-refractivity contribution in [3.05, 3.63) is 41.6 Å². The fourth-order valence-corrected chi connectivity index (χ4v) is 3.10. The van der Waals surface area contributed by atoms with E-state index >= 15 is 0 Å². The van der Waals surface area contributed by atoms with Crippen LogP contribution >= 0.6 is 11.6 Å². The van der Waals surface area contributed by atoms with Crippen molar-refractivity contribution in [3.8, 4) is 11.4 Å². The Hall–Kier alpha value is -2.05. The van der Waals surface area contributed by atoms with E-state index in [0.717, 1.165) is 24.8 Å². The Bertz CT molecular complexity index is 846. The van der Waals surface area contributed by atoms with Gasteiger partial charge in [0.05, 0.1) is 0 Å². The van der Waals surface area contributed by atoms with Gasteiger partial charge in [0.1, 0.15) is 17.6 Å². The van der Waals surface area contributed by atoms with Gasteiger partial charge in [-0.05, 0) is 19.3 Å². The highest BCUT2D eigenvalue weighted by Gasteiger charge is 2.25. The zero-order valence-electron chi connectivity index (χ0n) is 12.2. The number of ether oxygens (including phenoxy) is 1. The number of imidazole rings is 1. The van der Waals surface area contributed by atoms with Crippen LogP contribution in [-0.4, -0.2) is 26.1 Å². The zero-order valence-corrected chi connectivity index (χ0v) is 13.0. The van der Waals surface area contributed by atoms with Crippen molar-refractivity contribution in [1.29, 1.82) is 0 Å². The third-order valence-electron chi connectivity index (χ3n) is 3.95. The maximum Gasteiger partial charge on any atom is 0.312 e. The first-order chi connectivity index (χ1) is 11.2. The first-order valence-corrected chi connectivity index (χ1v) is 7.90. The third-order valence-corrected chi connectivity index (χ3v) is 4.21. The summed E-state index contributed by atoms with van der Waals surface area (Å²) in [5.74, 6) is 0.661. The van der Waals surface area contributed by atoms with E-state index in [1.165, 1.54) is 0 Å². The van der Waals surface area contributed by atoms with E-state index in [9.17, 15) is 4.39 Å². The average Bonchev–Trinajstić information content (AvgIpc) is 2.96. The summed E-state index contributed by atoms with van der Waals surface area (Å²) in [5, 5.41) is 0.0132. The molecule has 1 aromatic carbocycles. The molecule has 0 aliphatic carbocycles. The molecule has 23 heavy (non-hydrogen) atoms. The summed E-state index contributed by atoms with van der Waals surface area (Å²) in [4.78, 5) is 12.0. The van der Waals surface area contributed by atoms with Gasteiger partial charge in [0.25, 0.3) is 0 Å². The minimum absolute atomic E-state index is 0.0132. The van der Waals surface area contributed by atoms with Crippen LogP contribution in [0.3, 0.4) is 0 Å². The Kier molecular flexibility index (Phi) is 3.71. The number of benzene rings is 1. The fourth-order valence-electron chi connectivity index (χ4n) is 2.91. The number of fused-ring (bicyclic) bond motifs is 1. The van der Waals surface area contributed by atoms with Crippen molar-refractivity contribution in [1.82, 2.24) is 19.5 Å². The number of aromatic nitrogens is 4. The number of hydrogen-bond acceptors (Lipinski definition) is 4. The first-order valence-electron chi connectivity index (χ1n) is 7.52. The van der Waals surface area contributed by atoms with Crippen molar-refractivity contribution >= 4 is 22.8 Å². The Morgan fingerprint density at radius 1 is 1.13 bits per heavy atom. The molecule has 1 aliphatic rings. The monoisotopic (exact) mass is 332 g/mol. The van der Waals surface area contributed by atoms with Crippen molar-refractivity contribution < 1.29 is 9.13 Å². The normalized spacial score (nSPS) is 18.4. The minimum Gasteiger partial charge on any atom is -0.358 e. The quantitative estimate of drug-likeness (QED) is 0.526. The molecule has 0 bridgehead atoms. The van der Waals surface area contributed by atoms with E-state index in [4.69, 9.17) is 16.3 Å². The molecule has 0 radical (unpaired) electrons. The lowest BCUT2D eigenvalue weighted by atomic mass is 10.1. The van der Waals surface area contributed by atoms with Crippen molar-refractivity contribution in [2.24, 2.45) is 0 Å². The Balaban J connectivity index is 1.98. The van der Waals surface area contributed by atoms with Crippen LogP contribution in [0.1, 0.15) is 25.5 Å². The van der Waals surface area contributed by atoms with Gasteiger partial charge in [-0.2, -0.15) is 14.4 Å². The molecule has 7 heteroatoms. The second-order valence-electron chi connectivity index (χ2n) is 5.45. The summed E-state index contributed by atoms with van der Waals surface area (Å²) in [5.41, 5.74) is 1.66. The van der Waals surface area contributed by atoms with Gasteiger partial charge in [0.2, 0.25) is 0 Å². The summed E-state index contributed by atoms with van der Waals surface area (Å²) in [6.07, 6.45) is 1.80. The zero-order chi connectivity index (χ0) is 15.8. The minimum atomic E-state index is -0.862. The standard InChI is InChI=1S/C16H14ClFN4O/c17-13-12-15(21-16(18)20-13)22(11-8-4-5-9-23-11)14(19-12)10-6-2-1-3-7-10/h1-3,6-7,11H,4-5,8-9H2. The molecule has 1 saturated heterocycles. The van der Waals surface area contributed by atoms with E-state index in [0.29, 0.717) is 23.6 Å². The second-order valence-corrected chi connectivity index (χ2v) is 5.81. The Morgan fingerprint density at radius 2 is 1.96 bits per heavy atom. The molecular weight excluding hydrogens is 319 g/mol. The van der Waals surface area contributed by atoms with Gasteiger partial charge in [-0.3, -0.25) is 4.57 Å². The van der Waals surface area contributed by atoms with Gasteiger partial charge in [0.15, 0.2) is 10.8 Å². The fraction of sp³-hybridized carbons (Fsp3) is 0.312. The highest BCUT2D eigenvalue weighted by atomic mass is 35.5. The van der Waals surface area contributed by atoms with Gasteiger partial charge in [-0.1, -0.05) is 41.9 Å². The smallest absolute Gasteiger partial charge is 0.312 e. The summed E-state index contributed by atoms with van der Waals surface area (Å²) in [6.45, 7) is 0.667. The van der Waals surface area contributed by atoms with Crippen LogP contribution in [0, 0.1) is 6.08 Å². The molecule has 2 aromatic heterocycles. The maximum absolute atomic E-state index is 13.7. The number of halogens is 2. The number of hydrogen-bond donors (Lipinski definition) is 0. The van der Waals surface area contributed by atoms with E-state index < -0.39 is 6.08 Å². The van der Waals surface area contributed by atoms with Crippen molar-refractivity contribution in [2.45, 2.75) is 25.5 Å². The summed E-state index contributed by atoms with van der Waals surface area (Å²) in [6, 6.07) is 9.67. The van der Waals surface area contributed by atoms with Crippen LogP contribution in [0.25, 0.3) is 22.6 Å². The Morgan fingerprint density at radius 3 is 2.70 bits per heavy atom. The topological polar surface area (TPSA) is 52.8 Å². The molecule has 1 unspecified atom stereocenters. The molecule has 0 saturated carbocycles. The highest BCUT2D eigenvalue weighted by Crippen LogP contribution is 2.33. The molecule has 0 spiro atoms. The van der Waals surface area contributed by atoms with Crippen molar-refractivity contribution in [3.63, 3.8) is 0 Å². The largest absolute Gasteiger partial charge is 0.358 e. The lowest BCUT2D eigenvalue weighted by Crippen LogP contribution is -2.19. The van der Waals surface area contributed by atoms with E-state index in [2.05, 4.69) is 15.0 Å².